The van der Waals surface area contributed by atoms with Crippen LogP contribution >= 0.6 is 11.3 Å². The monoisotopic (exact) mass is 622 g/mol. The number of aromatic nitrogens is 3. The summed E-state index contributed by atoms with van der Waals surface area (Å²) >= 11 is 1.11. The molecule has 1 aliphatic heterocycles. The Morgan fingerprint density at radius 2 is 1.93 bits per heavy atom. The maximum Gasteiger partial charge on any atom is 0.416 e. The predicted octanol–water partition coefficient (Wildman–Crippen LogP) is 6.45. The number of hydrogen-bond donors (Lipinski definition) is 2. The number of carbonyl (C=O) groups excluding carboxylic acids is 1. The number of ether oxygens (including phenoxy) is 1. The lowest BCUT2D eigenvalue weighted by atomic mass is 9.90. The number of benzene rings is 1. The van der Waals surface area contributed by atoms with Gasteiger partial charge in [0, 0.05) is 36.2 Å². The number of pyridine rings is 1. The standard InChI is InChI=1S/C32H33F3N6O2S/c1-19(23-5-3-4-6-24(23)32(33,34)35)43-27-17-29(44-30(27)31(36)42)41-18-38-25-15-20(7-8-26(25)41)21-9-12-37-28(16-21)39-22-10-13-40(2)14-11-22/h3-9,12,16-20,22H,10-11,13-15H2,1-2H3,(H2,36,42)(H,37,39)/t19-,20?/m1/s1. The number of primary amides is 1. The molecule has 4 heterocycles. The Bertz CT molecular complexity index is 1690. The number of halogens is 3. The second kappa shape index (κ2) is 12.1. The molecule has 3 N–H and O–H groups in total. The molecule has 1 aromatic carbocycles. The molecule has 230 valence electrons. The van der Waals surface area contributed by atoms with Crippen molar-refractivity contribution >= 4 is 29.1 Å². The quantitative estimate of drug-likeness (QED) is 0.235. The maximum atomic E-state index is 13.6. The van der Waals surface area contributed by atoms with Gasteiger partial charge < -0.3 is 20.7 Å². The van der Waals surface area contributed by atoms with Crippen LogP contribution in [-0.4, -0.2) is 51.5 Å². The van der Waals surface area contributed by atoms with Crippen molar-refractivity contribution in [1.82, 2.24) is 19.4 Å². The van der Waals surface area contributed by atoms with Crippen molar-refractivity contribution in [3.8, 4) is 10.8 Å². The number of likely N-dealkylation sites (tertiary alicyclic amines) is 1. The molecule has 1 fully saturated rings. The Hall–Kier alpha value is -4.16. The van der Waals surface area contributed by atoms with Crippen molar-refractivity contribution in [2.75, 3.05) is 25.5 Å². The van der Waals surface area contributed by atoms with Crippen molar-refractivity contribution in [2.45, 2.75) is 50.4 Å². The minimum absolute atomic E-state index is 0.0297. The summed E-state index contributed by atoms with van der Waals surface area (Å²) in [4.78, 5) is 24.0. The van der Waals surface area contributed by atoms with Crippen LogP contribution in [0.15, 0.2) is 61.1 Å². The van der Waals surface area contributed by atoms with Gasteiger partial charge in [0.25, 0.3) is 5.91 Å². The van der Waals surface area contributed by atoms with E-state index < -0.39 is 23.8 Å². The summed E-state index contributed by atoms with van der Waals surface area (Å²) in [5, 5.41) is 4.21. The molecule has 44 heavy (non-hydrogen) atoms. The fraction of sp³-hybridized carbons (Fsp3) is 0.344. The molecular formula is C32H33F3N6O2S. The van der Waals surface area contributed by atoms with E-state index in [0.29, 0.717) is 17.5 Å². The number of anilines is 1. The van der Waals surface area contributed by atoms with E-state index in [1.54, 1.807) is 12.4 Å². The Kier molecular flexibility index (Phi) is 8.21. The number of piperidine rings is 1. The molecule has 0 saturated carbocycles. The van der Waals surface area contributed by atoms with Crippen LogP contribution < -0.4 is 15.8 Å². The Labute approximate surface area is 257 Å². The van der Waals surface area contributed by atoms with Gasteiger partial charge in [-0.1, -0.05) is 24.3 Å². The number of allylic oxidation sites excluding steroid dienone is 1. The van der Waals surface area contributed by atoms with Crippen LogP contribution in [0, 0.1) is 0 Å². The molecule has 1 saturated heterocycles. The summed E-state index contributed by atoms with van der Waals surface area (Å²) in [5.41, 5.74) is 7.73. The first-order valence-corrected chi connectivity index (χ1v) is 15.3. The molecule has 1 unspecified atom stereocenters. The van der Waals surface area contributed by atoms with E-state index in [-0.39, 0.29) is 22.1 Å². The zero-order valence-corrected chi connectivity index (χ0v) is 25.2. The SMILES string of the molecule is C[C@@H](Oc1cc(-n2cnc3c2C=CC(c2ccnc(NC4CCN(C)CC4)c2)C3)sc1C(N)=O)c1ccccc1C(F)(F)F. The number of imidazole rings is 1. The number of amides is 1. The molecule has 1 aliphatic carbocycles. The second-order valence-electron chi connectivity index (χ2n) is 11.3. The van der Waals surface area contributed by atoms with E-state index in [1.807, 2.05) is 22.9 Å². The highest BCUT2D eigenvalue weighted by Crippen LogP contribution is 2.40. The molecule has 0 spiro atoms. The smallest absolute Gasteiger partial charge is 0.416 e. The third kappa shape index (κ3) is 6.22. The molecule has 4 aromatic rings. The molecule has 2 aliphatic rings. The largest absolute Gasteiger partial charge is 0.484 e. The van der Waals surface area contributed by atoms with E-state index in [2.05, 4.69) is 39.4 Å². The van der Waals surface area contributed by atoms with E-state index in [0.717, 1.165) is 66.1 Å². The van der Waals surface area contributed by atoms with Crippen LogP contribution in [0.3, 0.4) is 0 Å². The summed E-state index contributed by atoms with van der Waals surface area (Å²) < 4.78 is 48.6. The maximum absolute atomic E-state index is 13.6. The molecule has 2 atom stereocenters. The number of alkyl halides is 3. The highest BCUT2D eigenvalue weighted by atomic mass is 32.1. The average Bonchev–Trinajstić information content (AvgIpc) is 3.62. The number of hydrogen-bond acceptors (Lipinski definition) is 7. The normalized spacial score (nSPS) is 18.2. The molecular weight excluding hydrogens is 589 g/mol. The first-order chi connectivity index (χ1) is 21.1. The molecule has 0 radical (unpaired) electrons. The van der Waals surface area contributed by atoms with Crippen molar-refractivity contribution in [3.05, 3.63) is 94.0 Å². The molecule has 3 aromatic heterocycles. The van der Waals surface area contributed by atoms with Gasteiger partial charge >= 0.3 is 6.18 Å². The number of fused-ring (bicyclic) bond motifs is 1. The van der Waals surface area contributed by atoms with E-state index in [9.17, 15) is 18.0 Å². The molecule has 0 bridgehead atoms. The van der Waals surface area contributed by atoms with Crippen molar-refractivity contribution in [2.24, 2.45) is 5.73 Å². The van der Waals surface area contributed by atoms with Crippen LogP contribution in [-0.2, 0) is 12.6 Å². The summed E-state index contributed by atoms with van der Waals surface area (Å²) in [5.74, 6) is 0.395. The van der Waals surface area contributed by atoms with Crippen LogP contribution in [0.25, 0.3) is 11.1 Å². The number of carbonyl (C=O) groups is 1. The van der Waals surface area contributed by atoms with Crippen LogP contribution in [0.5, 0.6) is 5.75 Å². The second-order valence-corrected chi connectivity index (χ2v) is 12.3. The highest BCUT2D eigenvalue weighted by molar-refractivity contribution is 7.16. The van der Waals surface area contributed by atoms with Crippen molar-refractivity contribution in [1.29, 1.82) is 0 Å². The minimum Gasteiger partial charge on any atom is -0.484 e. The van der Waals surface area contributed by atoms with E-state index in [1.165, 1.54) is 25.1 Å². The van der Waals surface area contributed by atoms with Gasteiger partial charge in [-0.15, -0.1) is 11.3 Å². The van der Waals surface area contributed by atoms with Gasteiger partial charge in [0.05, 0.1) is 17.0 Å². The first-order valence-electron chi connectivity index (χ1n) is 14.5. The lowest BCUT2D eigenvalue weighted by Gasteiger charge is -2.30. The number of rotatable bonds is 8. The fourth-order valence-electron chi connectivity index (χ4n) is 5.84. The summed E-state index contributed by atoms with van der Waals surface area (Å²) in [6, 6.07) is 11.4. The lowest BCUT2D eigenvalue weighted by molar-refractivity contribution is -0.139. The van der Waals surface area contributed by atoms with Crippen LogP contribution in [0.2, 0.25) is 0 Å². The minimum atomic E-state index is -4.54. The number of nitrogens with zero attached hydrogens (tertiary/aromatic N) is 4. The molecule has 6 rings (SSSR count). The molecule has 12 heteroatoms. The Morgan fingerprint density at radius 1 is 1.16 bits per heavy atom. The Balaban J connectivity index is 1.21. The van der Waals surface area contributed by atoms with Gasteiger partial charge in [-0.05, 0) is 69.7 Å². The van der Waals surface area contributed by atoms with Crippen LogP contribution in [0.4, 0.5) is 19.0 Å². The van der Waals surface area contributed by atoms with Gasteiger partial charge in [0.2, 0.25) is 0 Å². The third-order valence-electron chi connectivity index (χ3n) is 8.22. The van der Waals surface area contributed by atoms with Crippen molar-refractivity contribution in [3.63, 3.8) is 0 Å². The highest BCUT2D eigenvalue weighted by Gasteiger charge is 2.35. The van der Waals surface area contributed by atoms with E-state index in [4.69, 9.17) is 10.5 Å². The fourth-order valence-corrected chi connectivity index (χ4v) is 6.77. The summed E-state index contributed by atoms with van der Waals surface area (Å²) in [6.07, 6.45) is 4.98. The van der Waals surface area contributed by atoms with Gasteiger partial charge in [0.15, 0.2) is 0 Å². The van der Waals surface area contributed by atoms with E-state index >= 15 is 0 Å². The van der Waals surface area contributed by atoms with Gasteiger partial charge in [-0.3, -0.25) is 9.36 Å². The van der Waals surface area contributed by atoms with Gasteiger partial charge in [-0.25, -0.2) is 9.97 Å². The molecule has 1 amide bonds. The summed E-state index contributed by atoms with van der Waals surface area (Å²) in [6.45, 7) is 3.65. The van der Waals surface area contributed by atoms with Gasteiger partial charge in [0.1, 0.15) is 33.9 Å². The predicted molar refractivity (Wildman–Crippen MR) is 164 cm³/mol. The molecule has 8 nitrogen and oxygen atoms in total. The number of nitrogens with one attached hydrogen (secondary N) is 1. The third-order valence-corrected chi connectivity index (χ3v) is 9.35. The zero-order valence-electron chi connectivity index (χ0n) is 24.3. The van der Waals surface area contributed by atoms with Crippen molar-refractivity contribution < 1.29 is 22.7 Å². The average molecular weight is 623 g/mol. The Morgan fingerprint density at radius 3 is 2.68 bits per heavy atom. The first kappa shape index (κ1) is 29.9. The number of thiophene rings is 1. The summed E-state index contributed by atoms with van der Waals surface area (Å²) in [7, 11) is 2.14. The van der Waals surface area contributed by atoms with Gasteiger partial charge in [-0.2, -0.15) is 13.2 Å². The number of nitrogens with two attached hydrogens (primary N) is 1. The zero-order chi connectivity index (χ0) is 31.0. The lowest BCUT2D eigenvalue weighted by Crippen LogP contribution is -2.36. The van der Waals surface area contributed by atoms with Crippen LogP contribution in [0.1, 0.15) is 69.5 Å². The topological polar surface area (TPSA) is 98.3 Å².